The van der Waals surface area contributed by atoms with E-state index in [4.69, 9.17) is 11.6 Å². The van der Waals surface area contributed by atoms with Crippen LogP contribution in [0.5, 0.6) is 0 Å². The number of anilines is 1. The van der Waals surface area contributed by atoms with Crippen molar-refractivity contribution in [3.05, 3.63) is 22.3 Å². The van der Waals surface area contributed by atoms with Gasteiger partial charge >= 0.3 is 0 Å². The summed E-state index contributed by atoms with van der Waals surface area (Å²) in [6.45, 7) is 3.21. The van der Waals surface area contributed by atoms with Gasteiger partial charge in [-0.1, -0.05) is 13.3 Å². The Morgan fingerprint density at radius 1 is 1.53 bits per heavy atom. The molecule has 0 radical (unpaired) electrons. The van der Waals surface area contributed by atoms with E-state index < -0.39 is 0 Å². The first-order valence-corrected chi connectivity index (χ1v) is 6.43. The fourth-order valence-electron chi connectivity index (χ4n) is 1.42. The molecular formula is C11H16BrClN2. The number of rotatable bonds is 5. The highest BCUT2D eigenvalue weighted by molar-refractivity contribution is 9.10. The van der Waals surface area contributed by atoms with Crippen LogP contribution in [0.2, 0.25) is 0 Å². The molecule has 1 rings (SSSR count). The van der Waals surface area contributed by atoms with Crippen molar-refractivity contribution in [1.82, 2.24) is 4.98 Å². The molecule has 1 aromatic heterocycles. The number of hydrogen-bond acceptors (Lipinski definition) is 2. The first kappa shape index (κ1) is 12.8. The lowest BCUT2D eigenvalue weighted by molar-refractivity contribution is 0.757. The fraction of sp³-hybridized carbons (Fsp3) is 0.545. The Labute approximate surface area is 105 Å². The van der Waals surface area contributed by atoms with Crippen LogP contribution in [0.25, 0.3) is 0 Å². The third-order valence-electron chi connectivity index (χ3n) is 2.26. The Hall–Kier alpha value is -0.280. The Kier molecular flexibility index (Phi) is 5.40. The smallest absolute Gasteiger partial charge is 0.132 e. The highest BCUT2D eigenvalue weighted by Gasteiger charge is 2.08. The third kappa shape index (κ3) is 3.65. The van der Waals surface area contributed by atoms with Gasteiger partial charge in [0.2, 0.25) is 0 Å². The van der Waals surface area contributed by atoms with E-state index in [1.165, 1.54) is 12.8 Å². The van der Waals surface area contributed by atoms with Crippen LogP contribution in [0, 0.1) is 0 Å². The summed E-state index contributed by atoms with van der Waals surface area (Å²) >= 11 is 9.29. The van der Waals surface area contributed by atoms with Crippen molar-refractivity contribution < 1.29 is 0 Å². The van der Waals surface area contributed by atoms with E-state index in [-0.39, 0.29) is 0 Å². The van der Waals surface area contributed by atoms with Gasteiger partial charge in [-0.15, -0.1) is 11.6 Å². The van der Waals surface area contributed by atoms with Crippen molar-refractivity contribution in [2.24, 2.45) is 0 Å². The predicted octanol–water partition coefficient (Wildman–Crippen LogP) is 3.82. The number of alkyl halides is 1. The molecule has 0 aromatic carbocycles. The lowest BCUT2D eigenvalue weighted by Crippen LogP contribution is -2.20. The largest absolute Gasteiger partial charge is 0.359 e. The van der Waals surface area contributed by atoms with Crippen LogP contribution in [-0.2, 0) is 5.88 Å². The summed E-state index contributed by atoms with van der Waals surface area (Å²) in [4.78, 5) is 6.56. The maximum absolute atomic E-state index is 5.89. The van der Waals surface area contributed by atoms with Crippen LogP contribution in [-0.4, -0.2) is 18.6 Å². The molecule has 0 fully saturated rings. The molecule has 0 saturated heterocycles. The molecule has 84 valence electrons. The van der Waals surface area contributed by atoms with Gasteiger partial charge in [0.05, 0.1) is 5.88 Å². The van der Waals surface area contributed by atoms with Crippen LogP contribution >= 0.6 is 27.5 Å². The Balaban J connectivity index is 2.82. The summed E-state index contributed by atoms with van der Waals surface area (Å²) in [6, 6.07) is 2.03. The SMILES string of the molecule is CCCCN(C)c1ncc(Br)cc1CCl. The molecule has 0 aliphatic rings. The molecule has 4 heteroatoms. The number of pyridine rings is 1. The van der Waals surface area contributed by atoms with Crippen molar-refractivity contribution in [3.8, 4) is 0 Å². The van der Waals surface area contributed by atoms with Crippen molar-refractivity contribution in [2.75, 3.05) is 18.5 Å². The predicted molar refractivity (Wildman–Crippen MR) is 69.7 cm³/mol. The van der Waals surface area contributed by atoms with Crippen LogP contribution < -0.4 is 4.90 Å². The number of aromatic nitrogens is 1. The standard InChI is InChI=1S/C11H16BrClN2/c1-3-4-5-15(2)11-9(7-13)6-10(12)8-14-11/h6,8H,3-5,7H2,1-2H3. The number of hydrogen-bond donors (Lipinski definition) is 0. The minimum Gasteiger partial charge on any atom is -0.359 e. The van der Waals surface area contributed by atoms with Crippen molar-refractivity contribution in [1.29, 1.82) is 0 Å². The first-order valence-electron chi connectivity index (χ1n) is 5.10. The van der Waals surface area contributed by atoms with E-state index in [1.54, 1.807) is 0 Å². The number of nitrogens with zero attached hydrogens (tertiary/aromatic N) is 2. The quantitative estimate of drug-likeness (QED) is 0.767. The van der Waals surface area contributed by atoms with Gasteiger partial charge in [-0.2, -0.15) is 0 Å². The number of halogens is 2. The molecule has 0 bridgehead atoms. The summed E-state index contributed by atoms with van der Waals surface area (Å²) in [5.74, 6) is 1.49. The maximum Gasteiger partial charge on any atom is 0.132 e. The lowest BCUT2D eigenvalue weighted by atomic mass is 10.2. The Morgan fingerprint density at radius 2 is 2.27 bits per heavy atom. The zero-order chi connectivity index (χ0) is 11.3. The second-order valence-electron chi connectivity index (χ2n) is 3.55. The highest BCUT2D eigenvalue weighted by Crippen LogP contribution is 2.22. The van der Waals surface area contributed by atoms with Crippen molar-refractivity contribution >= 4 is 33.3 Å². The molecule has 1 aromatic rings. The summed E-state index contributed by atoms with van der Waals surface area (Å²) in [7, 11) is 2.06. The van der Waals surface area contributed by atoms with Gasteiger partial charge in [-0.05, 0) is 28.4 Å². The number of unbranched alkanes of at least 4 members (excludes halogenated alkanes) is 1. The second kappa shape index (κ2) is 6.33. The molecule has 0 saturated carbocycles. The van der Waals surface area contributed by atoms with Crippen LogP contribution in [0.3, 0.4) is 0 Å². The molecule has 0 spiro atoms. The molecule has 2 nitrogen and oxygen atoms in total. The van der Waals surface area contributed by atoms with Gasteiger partial charge in [-0.3, -0.25) is 0 Å². The first-order chi connectivity index (χ1) is 7.19. The summed E-state index contributed by atoms with van der Waals surface area (Å²) in [5, 5.41) is 0. The lowest BCUT2D eigenvalue weighted by Gasteiger charge is -2.20. The Bertz CT molecular complexity index is 317. The van der Waals surface area contributed by atoms with Crippen LogP contribution in [0.15, 0.2) is 16.7 Å². The van der Waals surface area contributed by atoms with Crippen molar-refractivity contribution in [2.45, 2.75) is 25.6 Å². The van der Waals surface area contributed by atoms with E-state index in [0.717, 1.165) is 22.4 Å². The van der Waals surface area contributed by atoms with Gasteiger partial charge < -0.3 is 4.90 Å². The van der Waals surface area contributed by atoms with Crippen LogP contribution in [0.4, 0.5) is 5.82 Å². The topological polar surface area (TPSA) is 16.1 Å². The second-order valence-corrected chi connectivity index (χ2v) is 4.73. The molecule has 0 aliphatic heterocycles. The molecule has 15 heavy (non-hydrogen) atoms. The van der Waals surface area contributed by atoms with E-state index in [1.807, 2.05) is 12.3 Å². The normalized spacial score (nSPS) is 10.4. The molecular weight excluding hydrogens is 275 g/mol. The average molecular weight is 292 g/mol. The zero-order valence-electron chi connectivity index (χ0n) is 9.13. The molecule has 0 unspecified atom stereocenters. The molecule has 0 aliphatic carbocycles. The van der Waals surface area contributed by atoms with Crippen molar-refractivity contribution in [3.63, 3.8) is 0 Å². The van der Waals surface area contributed by atoms with Crippen LogP contribution in [0.1, 0.15) is 25.3 Å². The van der Waals surface area contributed by atoms with E-state index >= 15 is 0 Å². The molecule has 0 atom stereocenters. The third-order valence-corrected chi connectivity index (χ3v) is 2.98. The van der Waals surface area contributed by atoms with Gasteiger partial charge in [0.1, 0.15) is 5.82 Å². The van der Waals surface area contributed by atoms with E-state index in [9.17, 15) is 0 Å². The molecule has 1 heterocycles. The van der Waals surface area contributed by atoms with E-state index in [0.29, 0.717) is 5.88 Å². The van der Waals surface area contributed by atoms with E-state index in [2.05, 4.69) is 39.8 Å². The summed E-state index contributed by atoms with van der Waals surface area (Å²) in [5.41, 5.74) is 1.07. The molecule has 0 amide bonds. The van der Waals surface area contributed by atoms with Gasteiger partial charge in [0.25, 0.3) is 0 Å². The Morgan fingerprint density at radius 3 is 2.87 bits per heavy atom. The maximum atomic E-state index is 5.89. The average Bonchev–Trinajstić information content (AvgIpc) is 2.25. The zero-order valence-corrected chi connectivity index (χ0v) is 11.5. The summed E-state index contributed by atoms with van der Waals surface area (Å²) < 4.78 is 0.978. The van der Waals surface area contributed by atoms with Gasteiger partial charge in [0.15, 0.2) is 0 Å². The highest BCUT2D eigenvalue weighted by atomic mass is 79.9. The van der Waals surface area contributed by atoms with Gasteiger partial charge in [-0.25, -0.2) is 4.98 Å². The molecule has 0 N–H and O–H groups in total. The van der Waals surface area contributed by atoms with Gasteiger partial charge in [0, 0.05) is 29.8 Å². The fourth-order valence-corrected chi connectivity index (χ4v) is 1.99. The minimum absolute atomic E-state index is 0.498. The monoisotopic (exact) mass is 290 g/mol. The summed E-state index contributed by atoms with van der Waals surface area (Å²) in [6.07, 6.45) is 4.18. The minimum atomic E-state index is 0.498.